The van der Waals surface area contributed by atoms with Crippen LogP contribution in [0.3, 0.4) is 0 Å². The Labute approximate surface area is 90.3 Å². The molecule has 1 heterocycles. The lowest BCUT2D eigenvalue weighted by Crippen LogP contribution is -2.27. The van der Waals surface area contributed by atoms with Crippen LogP contribution in [0.5, 0.6) is 0 Å². The van der Waals surface area contributed by atoms with Gasteiger partial charge in [0, 0.05) is 10.9 Å². The van der Waals surface area contributed by atoms with Gasteiger partial charge in [-0.25, -0.2) is 0 Å². The van der Waals surface area contributed by atoms with E-state index in [4.69, 9.17) is 0 Å². The zero-order valence-corrected chi connectivity index (χ0v) is 9.44. The summed E-state index contributed by atoms with van der Waals surface area (Å²) in [5, 5.41) is 3.60. The third-order valence-corrected chi connectivity index (χ3v) is 3.64. The van der Waals surface area contributed by atoms with E-state index in [1.165, 1.54) is 36.3 Å². The Hall–Kier alpha value is -0.470. The van der Waals surface area contributed by atoms with E-state index in [2.05, 4.69) is 35.8 Å². The van der Waals surface area contributed by atoms with Crippen LogP contribution in [0.4, 0.5) is 0 Å². The van der Waals surface area contributed by atoms with Gasteiger partial charge in [0.25, 0.3) is 0 Å². The zero-order chi connectivity index (χ0) is 9.80. The van der Waals surface area contributed by atoms with E-state index in [1.807, 2.05) is 11.8 Å². The number of benzene rings is 1. The Morgan fingerprint density at radius 3 is 2.86 bits per heavy atom. The van der Waals surface area contributed by atoms with E-state index in [9.17, 15) is 0 Å². The smallest absolute Gasteiger partial charge is 0.0331 e. The zero-order valence-electron chi connectivity index (χ0n) is 8.62. The maximum Gasteiger partial charge on any atom is 0.0331 e. The summed E-state index contributed by atoms with van der Waals surface area (Å²) in [7, 11) is 0. The number of thioether (sulfide) groups is 1. The second-order valence-corrected chi connectivity index (χ2v) is 4.59. The predicted octanol–water partition coefficient (Wildman–Crippen LogP) is 3.22. The van der Waals surface area contributed by atoms with Crippen molar-refractivity contribution in [1.82, 2.24) is 5.32 Å². The number of piperidine rings is 1. The lowest BCUT2D eigenvalue weighted by Gasteiger charge is -2.25. The maximum absolute atomic E-state index is 3.60. The molecule has 0 spiro atoms. The minimum Gasteiger partial charge on any atom is -0.310 e. The second-order valence-electron chi connectivity index (χ2n) is 3.74. The van der Waals surface area contributed by atoms with Crippen LogP contribution in [0.2, 0.25) is 0 Å². The summed E-state index contributed by atoms with van der Waals surface area (Å²) < 4.78 is 0. The molecule has 2 rings (SSSR count). The summed E-state index contributed by atoms with van der Waals surface area (Å²) in [6.45, 7) is 1.17. The SMILES string of the molecule is CSc1ccccc1C1CCCCN1. The largest absolute Gasteiger partial charge is 0.310 e. The fraction of sp³-hybridized carbons (Fsp3) is 0.500. The van der Waals surface area contributed by atoms with E-state index < -0.39 is 0 Å². The Balaban J connectivity index is 2.20. The summed E-state index contributed by atoms with van der Waals surface area (Å²) in [5.41, 5.74) is 1.49. The predicted molar refractivity (Wildman–Crippen MR) is 62.8 cm³/mol. The van der Waals surface area contributed by atoms with Crippen LogP contribution in [0.15, 0.2) is 29.2 Å². The van der Waals surface area contributed by atoms with E-state index >= 15 is 0 Å². The topological polar surface area (TPSA) is 12.0 Å². The Morgan fingerprint density at radius 2 is 2.14 bits per heavy atom. The minimum atomic E-state index is 0.590. The first kappa shape index (κ1) is 10.1. The number of hydrogen-bond donors (Lipinski definition) is 1. The molecular formula is C12H17NS. The molecule has 0 bridgehead atoms. The van der Waals surface area contributed by atoms with Crippen LogP contribution in [0.25, 0.3) is 0 Å². The average Bonchev–Trinajstić information content (AvgIpc) is 2.30. The Morgan fingerprint density at radius 1 is 1.29 bits per heavy atom. The summed E-state index contributed by atoms with van der Waals surface area (Å²) in [6.07, 6.45) is 6.14. The monoisotopic (exact) mass is 207 g/mol. The normalized spacial score (nSPS) is 22.2. The van der Waals surface area contributed by atoms with Gasteiger partial charge < -0.3 is 5.32 Å². The molecule has 1 aliphatic heterocycles. The van der Waals surface area contributed by atoms with Crippen LogP contribution in [-0.4, -0.2) is 12.8 Å². The molecule has 0 amide bonds. The molecule has 1 fully saturated rings. The fourth-order valence-corrected chi connectivity index (χ4v) is 2.73. The highest BCUT2D eigenvalue weighted by Crippen LogP contribution is 2.30. The highest BCUT2D eigenvalue weighted by molar-refractivity contribution is 7.98. The molecule has 14 heavy (non-hydrogen) atoms. The third-order valence-electron chi connectivity index (χ3n) is 2.82. The van der Waals surface area contributed by atoms with Gasteiger partial charge in [-0.15, -0.1) is 11.8 Å². The molecule has 1 unspecified atom stereocenters. The molecule has 2 heteroatoms. The maximum atomic E-state index is 3.60. The molecule has 1 atom stereocenters. The van der Waals surface area contributed by atoms with Crippen molar-refractivity contribution < 1.29 is 0 Å². The van der Waals surface area contributed by atoms with Gasteiger partial charge in [-0.05, 0) is 37.3 Å². The van der Waals surface area contributed by atoms with Crippen LogP contribution >= 0.6 is 11.8 Å². The molecule has 0 saturated carbocycles. The molecule has 1 nitrogen and oxygen atoms in total. The molecule has 0 radical (unpaired) electrons. The van der Waals surface area contributed by atoms with Gasteiger partial charge in [0.05, 0.1) is 0 Å². The van der Waals surface area contributed by atoms with Crippen LogP contribution < -0.4 is 5.32 Å². The van der Waals surface area contributed by atoms with Crippen molar-refractivity contribution in [3.8, 4) is 0 Å². The van der Waals surface area contributed by atoms with Crippen molar-refractivity contribution in [2.45, 2.75) is 30.2 Å². The first-order chi connectivity index (χ1) is 6.92. The molecule has 1 aromatic rings. The number of nitrogens with one attached hydrogen (secondary N) is 1. The van der Waals surface area contributed by atoms with Gasteiger partial charge in [-0.2, -0.15) is 0 Å². The highest BCUT2D eigenvalue weighted by Gasteiger charge is 2.16. The van der Waals surface area contributed by atoms with Gasteiger partial charge in [-0.3, -0.25) is 0 Å². The quantitative estimate of drug-likeness (QED) is 0.747. The molecule has 0 aliphatic carbocycles. The van der Waals surface area contributed by atoms with Gasteiger partial charge in [-0.1, -0.05) is 24.6 Å². The standard InChI is InChI=1S/C12H17NS/c1-14-12-8-3-2-6-10(12)11-7-4-5-9-13-11/h2-3,6,8,11,13H,4-5,7,9H2,1H3. The van der Waals surface area contributed by atoms with Crippen molar-refractivity contribution in [3.05, 3.63) is 29.8 Å². The molecule has 1 N–H and O–H groups in total. The summed E-state index contributed by atoms with van der Waals surface area (Å²) in [5.74, 6) is 0. The van der Waals surface area contributed by atoms with Gasteiger partial charge >= 0.3 is 0 Å². The van der Waals surface area contributed by atoms with Crippen molar-refractivity contribution in [2.75, 3.05) is 12.8 Å². The molecule has 76 valence electrons. The lowest BCUT2D eigenvalue weighted by atomic mass is 9.98. The first-order valence-corrected chi connectivity index (χ1v) is 6.50. The molecule has 1 aromatic carbocycles. The number of hydrogen-bond acceptors (Lipinski definition) is 2. The molecule has 1 saturated heterocycles. The summed E-state index contributed by atoms with van der Waals surface area (Å²) in [6, 6.07) is 9.33. The van der Waals surface area contributed by atoms with E-state index in [0.717, 1.165) is 0 Å². The van der Waals surface area contributed by atoms with Gasteiger partial charge in [0.15, 0.2) is 0 Å². The van der Waals surface area contributed by atoms with Gasteiger partial charge in [0.1, 0.15) is 0 Å². The van der Waals surface area contributed by atoms with Crippen LogP contribution in [-0.2, 0) is 0 Å². The molecule has 0 aromatic heterocycles. The first-order valence-electron chi connectivity index (χ1n) is 5.28. The van der Waals surface area contributed by atoms with Crippen molar-refractivity contribution in [3.63, 3.8) is 0 Å². The highest BCUT2D eigenvalue weighted by atomic mass is 32.2. The van der Waals surface area contributed by atoms with Crippen LogP contribution in [0.1, 0.15) is 30.9 Å². The average molecular weight is 207 g/mol. The Bertz CT molecular complexity index is 292. The molecular weight excluding hydrogens is 190 g/mol. The lowest BCUT2D eigenvalue weighted by molar-refractivity contribution is 0.408. The molecule has 1 aliphatic rings. The summed E-state index contributed by atoms with van der Waals surface area (Å²) >= 11 is 1.85. The van der Waals surface area contributed by atoms with E-state index in [-0.39, 0.29) is 0 Å². The Kier molecular flexibility index (Phi) is 3.49. The number of rotatable bonds is 2. The van der Waals surface area contributed by atoms with Gasteiger partial charge in [0.2, 0.25) is 0 Å². The van der Waals surface area contributed by atoms with Crippen molar-refractivity contribution >= 4 is 11.8 Å². The summed E-state index contributed by atoms with van der Waals surface area (Å²) in [4.78, 5) is 1.42. The van der Waals surface area contributed by atoms with E-state index in [0.29, 0.717) is 6.04 Å². The third kappa shape index (κ3) is 2.12. The van der Waals surface area contributed by atoms with E-state index in [1.54, 1.807) is 0 Å². The second kappa shape index (κ2) is 4.85. The van der Waals surface area contributed by atoms with Crippen molar-refractivity contribution in [2.24, 2.45) is 0 Å². The van der Waals surface area contributed by atoms with Crippen LogP contribution in [0, 0.1) is 0 Å². The fourth-order valence-electron chi connectivity index (χ4n) is 2.07. The van der Waals surface area contributed by atoms with Crippen molar-refractivity contribution in [1.29, 1.82) is 0 Å². The minimum absolute atomic E-state index is 0.590.